The number of fused-ring (bicyclic) bond motifs is 1. The molecule has 1 aromatic carbocycles. The Balaban J connectivity index is 2.21. The lowest BCUT2D eigenvalue weighted by Gasteiger charge is -2.01. The number of ether oxygens (including phenoxy) is 1. The van der Waals surface area contributed by atoms with E-state index in [1.807, 2.05) is 0 Å². The van der Waals surface area contributed by atoms with E-state index in [1.165, 1.54) is 0 Å². The van der Waals surface area contributed by atoms with Gasteiger partial charge in [0.2, 0.25) is 0 Å². The molecule has 0 unspecified atom stereocenters. The average Bonchev–Trinajstić information content (AvgIpc) is 2.61. The Hall–Kier alpha value is -1.97. The molecule has 0 amide bonds. The number of hydrogen-bond donors (Lipinski definition) is 1. The summed E-state index contributed by atoms with van der Waals surface area (Å²) >= 11 is 0. The summed E-state index contributed by atoms with van der Waals surface area (Å²) in [5.74, 6) is -0.460. The quantitative estimate of drug-likeness (QED) is 0.806. The van der Waals surface area contributed by atoms with E-state index in [2.05, 4.69) is 0 Å². The molecular weight excluding hydrogens is 184 g/mol. The Labute approximate surface area is 79.7 Å². The first-order chi connectivity index (χ1) is 6.75. The molecule has 14 heavy (non-hydrogen) atoms. The van der Waals surface area contributed by atoms with E-state index in [-0.39, 0.29) is 6.61 Å². The van der Waals surface area contributed by atoms with Crippen LogP contribution in [0.15, 0.2) is 34.9 Å². The van der Waals surface area contributed by atoms with Crippen LogP contribution in [0.25, 0.3) is 11.0 Å². The van der Waals surface area contributed by atoms with E-state index in [0.717, 1.165) is 11.0 Å². The lowest BCUT2D eigenvalue weighted by atomic mass is 10.2. The van der Waals surface area contributed by atoms with Gasteiger partial charge in [-0.15, -0.1) is 0 Å². The van der Waals surface area contributed by atoms with Crippen molar-refractivity contribution < 1.29 is 19.1 Å². The van der Waals surface area contributed by atoms with Gasteiger partial charge in [0, 0.05) is 5.39 Å². The molecule has 0 saturated heterocycles. The minimum absolute atomic E-state index is 0.330. The second kappa shape index (κ2) is 3.41. The molecule has 0 saturated carbocycles. The zero-order valence-electron chi connectivity index (χ0n) is 7.27. The molecule has 0 aliphatic heterocycles. The van der Waals surface area contributed by atoms with Crippen LogP contribution in [0.2, 0.25) is 0 Å². The van der Waals surface area contributed by atoms with E-state index in [9.17, 15) is 4.79 Å². The van der Waals surface area contributed by atoms with Gasteiger partial charge in [0.25, 0.3) is 0 Å². The number of aliphatic carboxylic acids is 1. The van der Waals surface area contributed by atoms with Gasteiger partial charge in [0.15, 0.2) is 6.61 Å². The van der Waals surface area contributed by atoms with Crippen LogP contribution in [0, 0.1) is 0 Å². The molecule has 0 radical (unpaired) electrons. The molecule has 0 aliphatic carbocycles. The standard InChI is InChI=1S/C10H8O4/c11-10(12)6-14-8-1-2-9-7(5-8)3-4-13-9/h1-5H,6H2,(H,11,12). The van der Waals surface area contributed by atoms with Gasteiger partial charge in [-0.2, -0.15) is 0 Å². The fraction of sp³-hybridized carbons (Fsp3) is 0.100. The second-order valence-electron chi connectivity index (χ2n) is 2.80. The molecule has 1 heterocycles. The SMILES string of the molecule is O=C(O)COc1ccc2occc2c1. The zero-order chi connectivity index (χ0) is 9.97. The normalized spacial score (nSPS) is 10.3. The molecule has 2 rings (SSSR count). The Morgan fingerprint density at radius 2 is 2.29 bits per heavy atom. The fourth-order valence-corrected chi connectivity index (χ4v) is 1.18. The van der Waals surface area contributed by atoms with Crippen molar-refractivity contribution in [3.63, 3.8) is 0 Å². The van der Waals surface area contributed by atoms with Crippen LogP contribution in [-0.2, 0) is 4.79 Å². The predicted molar refractivity (Wildman–Crippen MR) is 49.3 cm³/mol. The fourth-order valence-electron chi connectivity index (χ4n) is 1.18. The highest BCUT2D eigenvalue weighted by Gasteiger charge is 2.01. The van der Waals surface area contributed by atoms with Gasteiger partial charge in [0.05, 0.1) is 6.26 Å². The molecule has 0 atom stereocenters. The maximum absolute atomic E-state index is 10.2. The maximum atomic E-state index is 10.2. The third-order valence-electron chi connectivity index (χ3n) is 1.79. The number of carboxylic acids is 1. The van der Waals surface area contributed by atoms with E-state index < -0.39 is 5.97 Å². The number of carboxylic acid groups (broad SMARTS) is 1. The second-order valence-corrected chi connectivity index (χ2v) is 2.80. The van der Waals surface area contributed by atoms with E-state index >= 15 is 0 Å². The highest BCUT2D eigenvalue weighted by molar-refractivity contribution is 5.78. The lowest BCUT2D eigenvalue weighted by molar-refractivity contribution is -0.139. The van der Waals surface area contributed by atoms with Gasteiger partial charge in [-0.25, -0.2) is 4.79 Å². The van der Waals surface area contributed by atoms with Gasteiger partial charge < -0.3 is 14.3 Å². The van der Waals surface area contributed by atoms with Crippen LogP contribution in [0.5, 0.6) is 5.75 Å². The molecule has 1 N–H and O–H groups in total. The van der Waals surface area contributed by atoms with Crippen molar-refractivity contribution in [3.05, 3.63) is 30.5 Å². The van der Waals surface area contributed by atoms with Crippen molar-refractivity contribution in [3.8, 4) is 5.75 Å². The van der Waals surface area contributed by atoms with E-state index in [0.29, 0.717) is 5.75 Å². The van der Waals surface area contributed by atoms with Crippen molar-refractivity contribution >= 4 is 16.9 Å². The van der Waals surface area contributed by atoms with E-state index in [1.54, 1.807) is 30.5 Å². The molecule has 1 aromatic heterocycles. The molecule has 72 valence electrons. The van der Waals surface area contributed by atoms with E-state index in [4.69, 9.17) is 14.3 Å². The smallest absolute Gasteiger partial charge is 0.341 e. The third-order valence-corrected chi connectivity index (χ3v) is 1.79. The Morgan fingerprint density at radius 1 is 1.43 bits per heavy atom. The van der Waals surface area contributed by atoms with Crippen LogP contribution >= 0.6 is 0 Å². The predicted octanol–water partition coefficient (Wildman–Crippen LogP) is 1.90. The highest BCUT2D eigenvalue weighted by Crippen LogP contribution is 2.21. The van der Waals surface area contributed by atoms with Gasteiger partial charge >= 0.3 is 5.97 Å². The number of rotatable bonds is 3. The molecule has 4 nitrogen and oxygen atoms in total. The van der Waals surface area contributed by atoms with Crippen molar-refractivity contribution in [1.82, 2.24) is 0 Å². The van der Waals surface area contributed by atoms with Crippen molar-refractivity contribution in [2.24, 2.45) is 0 Å². The van der Waals surface area contributed by atoms with Crippen LogP contribution in [-0.4, -0.2) is 17.7 Å². The summed E-state index contributed by atoms with van der Waals surface area (Å²) in [6.07, 6.45) is 1.58. The third kappa shape index (κ3) is 1.69. The average molecular weight is 192 g/mol. The topological polar surface area (TPSA) is 59.7 Å². The first-order valence-corrected chi connectivity index (χ1v) is 4.07. The van der Waals surface area contributed by atoms with Crippen molar-refractivity contribution in [2.45, 2.75) is 0 Å². The molecule has 0 spiro atoms. The van der Waals surface area contributed by atoms with Crippen LogP contribution in [0.3, 0.4) is 0 Å². The number of hydrogen-bond acceptors (Lipinski definition) is 3. The van der Waals surface area contributed by atoms with Crippen molar-refractivity contribution in [1.29, 1.82) is 0 Å². The minimum Gasteiger partial charge on any atom is -0.482 e. The number of furan rings is 1. The molecule has 0 aliphatic rings. The monoisotopic (exact) mass is 192 g/mol. The molecule has 2 aromatic rings. The van der Waals surface area contributed by atoms with Crippen molar-refractivity contribution in [2.75, 3.05) is 6.61 Å². The number of benzene rings is 1. The van der Waals surface area contributed by atoms with Gasteiger partial charge in [0.1, 0.15) is 11.3 Å². The Morgan fingerprint density at radius 3 is 3.07 bits per heavy atom. The summed E-state index contributed by atoms with van der Waals surface area (Å²) < 4.78 is 10.1. The molecule has 0 bridgehead atoms. The highest BCUT2D eigenvalue weighted by atomic mass is 16.5. The Bertz CT molecular complexity index is 458. The summed E-state index contributed by atoms with van der Waals surface area (Å²) in [5, 5.41) is 9.30. The minimum atomic E-state index is -0.989. The van der Waals surface area contributed by atoms with Gasteiger partial charge in [-0.05, 0) is 24.3 Å². The summed E-state index contributed by atoms with van der Waals surface area (Å²) in [7, 11) is 0. The van der Waals surface area contributed by atoms with Crippen LogP contribution in [0.1, 0.15) is 0 Å². The largest absolute Gasteiger partial charge is 0.482 e. The Kier molecular flexibility index (Phi) is 2.10. The van der Waals surface area contributed by atoms with Crippen LogP contribution in [0.4, 0.5) is 0 Å². The molecule has 4 heteroatoms. The summed E-state index contributed by atoms with van der Waals surface area (Å²) in [4.78, 5) is 10.2. The summed E-state index contributed by atoms with van der Waals surface area (Å²) in [6.45, 7) is -0.330. The maximum Gasteiger partial charge on any atom is 0.341 e. The van der Waals surface area contributed by atoms with Gasteiger partial charge in [-0.1, -0.05) is 0 Å². The zero-order valence-corrected chi connectivity index (χ0v) is 7.27. The molecular formula is C10H8O4. The summed E-state index contributed by atoms with van der Waals surface area (Å²) in [5.41, 5.74) is 0.757. The first-order valence-electron chi connectivity index (χ1n) is 4.07. The molecule has 0 fully saturated rings. The van der Waals surface area contributed by atoms with Crippen LogP contribution < -0.4 is 4.74 Å². The first kappa shape index (κ1) is 8.62. The van der Waals surface area contributed by atoms with Gasteiger partial charge in [-0.3, -0.25) is 0 Å². The summed E-state index contributed by atoms with van der Waals surface area (Å²) in [6, 6.07) is 6.95. The lowest BCUT2D eigenvalue weighted by Crippen LogP contribution is -2.09. The number of carbonyl (C=O) groups is 1.